The van der Waals surface area contributed by atoms with Crippen LogP contribution >= 0.6 is 12.4 Å². The molecule has 5 heteroatoms. The van der Waals surface area contributed by atoms with Gasteiger partial charge in [0.15, 0.2) is 0 Å². The van der Waals surface area contributed by atoms with Crippen LogP contribution in [0.3, 0.4) is 0 Å². The number of nitrogens with zero attached hydrogens (tertiary/aromatic N) is 2. The van der Waals surface area contributed by atoms with Crippen molar-refractivity contribution in [3.05, 3.63) is 47.7 Å². The second-order valence-corrected chi connectivity index (χ2v) is 4.37. The molecule has 1 aromatic heterocycles. The third-order valence-electron chi connectivity index (χ3n) is 3.26. The van der Waals surface area contributed by atoms with Gasteiger partial charge in [0.1, 0.15) is 0 Å². The van der Waals surface area contributed by atoms with E-state index in [1.165, 1.54) is 11.1 Å². The average Bonchev–Trinajstić information content (AvgIpc) is 2.47. The monoisotopic (exact) mass is 277 g/mol. The van der Waals surface area contributed by atoms with Crippen LogP contribution in [0.4, 0.5) is 0 Å². The van der Waals surface area contributed by atoms with Gasteiger partial charge in [-0.05, 0) is 35.7 Å². The second kappa shape index (κ2) is 6.10. The fourth-order valence-electron chi connectivity index (χ4n) is 2.35. The van der Waals surface area contributed by atoms with Crippen molar-refractivity contribution in [3.63, 3.8) is 0 Å². The summed E-state index contributed by atoms with van der Waals surface area (Å²) in [5, 5.41) is 8.04. The van der Waals surface area contributed by atoms with Crippen LogP contribution in [0.5, 0.6) is 0 Å². The molecule has 1 atom stereocenters. The first kappa shape index (κ1) is 13.9. The SMILES string of the molecule is Cl.NCC1OCCc2cc(-c3cccnn3)ccc21. The van der Waals surface area contributed by atoms with E-state index in [1.54, 1.807) is 6.20 Å². The van der Waals surface area contributed by atoms with Crippen LogP contribution in [0.2, 0.25) is 0 Å². The van der Waals surface area contributed by atoms with Gasteiger partial charge in [-0.1, -0.05) is 12.1 Å². The number of aromatic nitrogens is 2. The van der Waals surface area contributed by atoms with Crippen LogP contribution in [-0.4, -0.2) is 23.3 Å². The Hall–Kier alpha value is -1.49. The van der Waals surface area contributed by atoms with E-state index < -0.39 is 0 Å². The van der Waals surface area contributed by atoms with Crippen molar-refractivity contribution >= 4 is 12.4 Å². The molecule has 0 fully saturated rings. The number of hydrogen-bond donors (Lipinski definition) is 1. The van der Waals surface area contributed by atoms with Crippen LogP contribution in [-0.2, 0) is 11.2 Å². The maximum absolute atomic E-state index is 5.72. The molecule has 1 aromatic carbocycles. The van der Waals surface area contributed by atoms with Crippen molar-refractivity contribution in [3.8, 4) is 11.3 Å². The van der Waals surface area contributed by atoms with Gasteiger partial charge in [0, 0.05) is 18.3 Å². The molecular formula is C14H16ClN3O. The molecule has 0 radical (unpaired) electrons. The highest BCUT2D eigenvalue weighted by atomic mass is 35.5. The first-order valence-corrected chi connectivity index (χ1v) is 6.11. The lowest BCUT2D eigenvalue weighted by Crippen LogP contribution is -2.23. The number of halogens is 1. The van der Waals surface area contributed by atoms with E-state index in [2.05, 4.69) is 28.4 Å². The summed E-state index contributed by atoms with van der Waals surface area (Å²) in [6.07, 6.45) is 2.64. The van der Waals surface area contributed by atoms with E-state index in [0.717, 1.165) is 24.3 Å². The van der Waals surface area contributed by atoms with E-state index in [9.17, 15) is 0 Å². The summed E-state index contributed by atoms with van der Waals surface area (Å²) in [5.41, 5.74) is 10.2. The van der Waals surface area contributed by atoms with Crippen molar-refractivity contribution in [1.82, 2.24) is 10.2 Å². The molecule has 4 nitrogen and oxygen atoms in total. The van der Waals surface area contributed by atoms with Crippen molar-refractivity contribution in [2.75, 3.05) is 13.2 Å². The maximum Gasteiger partial charge on any atom is 0.0949 e. The Morgan fingerprint density at radius 3 is 2.95 bits per heavy atom. The fourth-order valence-corrected chi connectivity index (χ4v) is 2.35. The zero-order valence-corrected chi connectivity index (χ0v) is 11.3. The van der Waals surface area contributed by atoms with Gasteiger partial charge in [0.2, 0.25) is 0 Å². The van der Waals surface area contributed by atoms with Gasteiger partial charge in [-0.2, -0.15) is 10.2 Å². The van der Waals surface area contributed by atoms with E-state index >= 15 is 0 Å². The summed E-state index contributed by atoms with van der Waals surface area (Å²) in [6, 6.07) is 10.2. The van der Waals surface area contributed by atoms with Crippen LogP contribution in [0.1, 0.15) is 17.2 Å². The molecule has 0 amide bonds. The normalized spacial score (nSPS) is 17.4. The molecule has 0 saturated carbocycles. The smallest absolute Gasteiger partial charge is 0.0949 e. The molecule has 2 heterocycles. The third kappa shape index (κ3) is 2.76. The fraction of sp³-hybridized carbons (Fsp3) is 0.286. The summed E-state index contributed by atoms with van der Waals surface area (Å²) in [6.45, 7) is 1.26. The summed E-state index contributed by atoms with van der Waals surface area (Å²) in [4.78, 5) is 0. The molecule has 0 spiro atoms. The van der Waals surface area contributed by atoms with E-state index in [4.69, 9.17) is 10.5 Å². The van der Waals surface area contributed by atoms with Crippen LogP contribution in [0, 0.1) is 0 Å². The highest BCUT2D eigenvalue weighted by Gasteiger charge is 2.19. The Kier molecular flexibility index (Phi) is 4.47. The van der Waals surface area contributed by atoms with Crippen molar-refractivity contribution in [1.29, 1.82) is 0 Å². The minimum absolute atomic E-state index is 0. The van der Waals surface area contributed by atoms with Crippen molar-refractivity contribution < 1.29 is 4.74 Å². The summed E-state index contributed by atoms with van der Waals surface area (Å²) in [7, 11) is 0. The Morgan fingerprint density at radius 1 is 1.32 bits per heavy atom. The van der Waals surface area contributed by atoms with Gasteiger partial charge in [-0.3, -0.25) is 0 Å². The molecule has 2 aromatic rings. The summed E-state index contributed by atoms with van der Waals surface area (Å²) < 4.78 is 5.65. The molecule has 0 bridgehead atoms. The lowest BCUT2D eigenvalue weighted by Gasteiger charge is -2.25. The van der Waals surface area contributed by atoms with E-state index in [0.29, 0.717) is 6.54 Å². The number of hydrogen-bond acceptors (Lipinski definition) is 4. The Labute approximate surface area is 118 Å². The van der Waals surface area contributed by atoms with Crippen LogP contribution in [0.25, 0.3) is 11.3 Å². The quantitative estimate of drug-likeness (QED) is 0.914. The highest BCUT2D eigenvalue weighted by Crippen LogP contribution is 2.29. The second-order valence-electron chi connectivity index (χ2n) is 4.37. The molecule has 19 heavy (non-hydrogen) atoms. The standard InChI is InChI=1S/C14H15N3O.ClH/c15-9-14-12-4-3-11(8-10(12)5-7-18-14)13-2-1-6-16-17-13;/h1-4,6,8,14H,5,7,9,15H2;1H. The first-order chi connectivity index (χ1) is 8.88. The zero-order chi connectivity index (χ0) is 12.4. The Bertz CT molecular complexity index is 548. The largest absolute Gasteiger partial charge is 0.372 e. The summed E-state index contributed by atoms with van der Waals surface area (Å²) >= 11 is 0. The van der Waals surface area contributed by atoms with Gasteiger partial charge >= 0.3 is 0 Å². The Morgan fingerprint density at radius 2 is 2.21 bits per heavy atom. The third-order valence-corrected chi connectivity index (χ3v) is 3.26. The minimum Gasteiger partial charge on any atom is -0.372 e. The first-order valence-electron chi connectivity index (χ1n) is 6.11. The average molecular weight is 278 g/mol. The van der Waals surface area contributed by atoms with E-state index in [1.807, 2.05) is 12.1 Å². The molecule has 2 N–H and O–H groups in total. The predicted octanol–water partition coefficient (Wildman–Crippen LogP) is 2.14. The van der Waals surface area contributed by atoms with Gasteiger partial charge in [0.05, 0.1) is 18.4 Å². The number of benzene rings is 1. The maximum atomic E-state index is 5.72. The molecular weight excluding hydrogens is 262 g/mol. The van der Waals surface area contributed by atoms with Gasteiger partial charge in [-0.25, -0.2) is 0 Å². The van der Waals surface area contributed by atoms with Gasteiger partial charge < -0.3 is 10.5 Å². The topological polar surface area (TPSA) is 61.0 Å². The van der Waals surface area contributed by atoms with Crippen LogP contribution in [0.15, 0.2) is 36.5 Å². The lowest BCUT2D eigenvalue weighted by molar-refractivity contribution is 0.0485. The molecule has 100 valence electrons. The predicted molar refractivity (Wildman–Crippen MR) is 76.2 cm³/mol. The van der Waals surface area contributed by atoms with E-state index in [-0.39, 0.29) is 18.5 Å². The molecule has 1 unspecified atom stereocenters. The molecule has 0 saturated heterocycles. The van der Waals surface area contributed by atoms with Crippen molar-refractivity contribution in [2.24, 2.45) is 5.73 Å². The minimum atomic E-state index is 0. The van der Waals surface area contributed by atoms with Gasteiger partial charge in [-0.15, -0.1) is 12.4 Å². The number of ether oxygens (including phenoxy) is 1. The highest BCUT2D eigenvalue weighted by molar-refractivity contribution is 5.85. The molecule has 1 aliphatic rings. The number of nitrogens with two attached hydrogens (primary N) is 1. The number of rotatable bonds is 2. The zero-order valence-electron chi connectivity index (χ0n) is 10.5. The van der Waals surface area contributed by atoms with Crippen molar-refractivity contribution in [2.45, 2.75) is 12.5 Å². The summed E-state index contributed by atoms with van der Waals surface area (Å²) in [5.74, 6) is 0. The molecule has 1 aliphatic heterocycles. The Balaban J connectivity index is 0.00000133. The van der Waals surface area contributed by atoms with Gasteiger partial charge in [0.25, 0.3) is 0 Å². The molecule has 3 rings (SSSR count). The number of fused-ring (bicyclic) bond motifs is 1. The molecule has 0 aliphatic carbocycles. The van der Waals surface area contributed by atoms with Crippen LogP contribution < -0.4 is 5.73 Å². The lowest BCUT2D eigenvalue weighted by atomic mass is 9.94.